The highest BCUT2D eigenvalue weighted by Gasteiger charge is 2.26. The summed E-state index contributed by atoms with van der Waals surface area (Å²) >= 11 is 0. The molecule has 0 heterocycles. The van der Waals surface area contributed by atoms with E-state index in [0.717, 1.165) is 53.9 Å². The highest BCUT2D eigenvalue weighted by molar-refractivity contribution is 5.75. The molecule has 0 aliphatic heterocycles. The Morgan fingerprint density at radius 1 is 0.750 bits per heavy atom. The van der Waals surface area contributed by atoms with Gasteiger partial charge in [0.15, 0.2) is 0 Å². The highest BCUT2D eigenvalue weighted by Crippen LogP contribution is 2.36. The molecule has 0 amide bonds. The smallest absolute Gasteiger partial charge is 0.0891 e. The summed E-state index contributed by atoms with van der Waals surface area (Å²) in [5.74, 6) is 0. The number of hydrogen-bond donors (Lipinski definition) is 3. The number of anilines is 1. The van der Waals surface area contributed by atoms with Gasteiger partial charge in [-0.2, -0.15) is 0 Å². The van der Waals surface area contributed by atoms with Gasteiger partial charge in [0, 0.05) is 18.8 Å². The zero-order valence-corrected chi connectivity index (χ0v) is 22.6. The van der Waals surface area contributed by atoms with Crippen LogP contribution >= 0.6 is 0 Å². The van der Waals surface area contributed by atoms with Crippen molar-refractivity contribution >= 4 is 5.69 Å². The van der Waals surface area contributed by atoms with Crippen LogP contribution in [-0.4, -0.2) is 21.9 Å². The van der Waals surface area contributed by atoms with Gasteiger partial charge in [0.25, 0.3) is 0 Å². The number of aliphatic hydroxyl groups is 3. The van der Waals surface area contributed by atoms with Gasteiger partial charge in [-0.15, -0.1) is 0 Å². The Hall–Kier alpha value is -2.66. The summed E-state index contributed by atoms with van der Waals surface area (Å²) in [6.07, 6.45) is 3.41. The summed E-state index contributed by atoms with van der Waals surface area (Å²) in [7, 11) is 0. The summed E-state index contributed by atoms with van der Waals surface area (Å²) in [5, 5.41) is 30.4. The van der Waals surface area contributed by atoms with Gasteiger partial charge in [-0.05, 0) is 89.8 Å². The summed E-state index contributed by atoms with van der Waals surface area (Å²) in [6.45, 7) is 12.0. The van der Waals surface area contributed by atoms with Crippen LogP contribution in [0, 0.1) is 6.92 Å². The molecule has 0 radical (unpaired) electrons. The third kappa shape index (κ3) is 6.00. The van der Waals surface area contributed by atoms with Crippen LogP contribution in [-0.2, 0) is 31.8 Å². The zero-order chi connectivity index (χ0) is 26.3. The monoisotopic (exact) mass is 489 g/mol. The van der Waals surface area contributed by atoms with Gasteiger partial charge < -0.3 is 20.2 Å². The minimum Gasteiger partial charge on any atom is -0.392 e. The Bertz CT molecular complexity index is 1150. The largest absolute Gasteiger partial charge is 0.392 e. The van der Waals surface area contributed by atoms with Crippen molar-refractivity contribution in [2.75, 3.05) is 11.4 Å². The standard InChI is InChI=1S/C32H43NO3/c1-6-10-25-18-28(32(36,7-2)8-3)14-16-30(25)31-19-29(15-11-23(31)5)33(9-4)20-24-12-13-26(21-34)27(17-24)22-35/h11-19,34-36H,6-10,20-22H2,1-5H3. The lowest BCUT2D eigenvalue weighted by Crippen LogP contribution is -2.23. The Morgan fingerprint density at radius 2 is 1.47 bits per heavy atom. The van der Waals surface area contributed by atoms with Crippen molar-refractivity contribution in [3.05, 3.63) is 88.0 Å². The number of benzene rings is 3. The van der Waals surface area contributed by atoms with Crippen molar-refractivity contribution in [1.82, 2.24) is 0 Å². The molecule has 0 aromatic heterocycles. The topological polar surface area (TPSA) is 63.9 Å². The zero-order valence-electron chi connectivity index (χ0n) is 22.6. The molecule has 36 heavy (non-hydrogen) atoms. The molecule has 3 aromatic rings. The SMILES string of the molecule is CCCc1cc(C(O)(CC)CC)ccc1-c1cc(N(CC)Cc2ccc(CO)c(CO)c2)ccc1C. The van der Waals surface area contributed by atoms with Crippen molar-refractivity contribution in [2.24, 2.45) is 0 Å². The molecule has 0 fully saturated rings. The molecule has 3 N–H and O–H groups in total. The van der Waals surface area contributed by atoms with Gasteiger partial charge in [0.05, 0.1) is 18.8 Å². The Morgan fingerprint density at radius 3 is 2.08 bits per heavy atom. The quantitative estimate of drug-likeness (QED) is 0.267. The van der Waals surface area contributed by atoms with Crippen LogP contribution in [0.2, 0.25) is 0 Å². The van der Waals surface area contributed by atoms with Crippen molar-refractivity contribution in [3.8, 4) is 11.1 Å². The molecule has 0 saturated carbocycles. The van der Waals surface area contributed by atoms with Crippen LogP contribution in [0.15, 0.2) is 54.6 Å². The van der Waals surface area contributed by atoms with Crippen LogP contribution in [0.5, 0.6) is 0 Å². The molecule has 194 valence electrons. The summed E-state index contributed by atoms with van der Waals surface area (Å²) in [6, 6.07) is 19.1. The van der Waals surface area contributed by atoms with E-state index in [-0.39, 0.29) is 13.2 Å². The number of aryl methyl sites for hydroxylation is 2. The molecule has 4 heteroatoms. The van der Waals surface area contributed by atoms with Crippen LogP contribution in [0.1, 0.15) is 80.3 Å². The first-order chi connectivity index (χ1) is 17.3. The highest BCUT2D eigenvalue weighted by atomic mass is 16.3. The second-order valence-electron chi connectivity index (χ2n) is 9.79. The molecule has 4 nitrogen and oxygen atoms in total. The van der Waals surface area contributed by atoms with Crippen molar-refractivity contribution < 1.29 is 15.3 Å². The lowest BCUT2D eigenvalue weighted by Gasteiger charge is -2.28. The fraction of sp³-hybridized carbons (Fsp3) is 0.438. The first kappa shape index (κ1) is 27.9. The fourth-order valence-electron chi connectivity index (χ4n) is 5.06. The molecular weight excluding hydrogens is 446 g/mol. The Balaban J connectivity index is 2.01. The first-order valence-corrected chi connectivity index (χ1v) is 13.4. The third-order valence-corrected chi connectivity index (χ3v) is 7.57. The van der Waals surface area contributed by atoms with Crippen molar-refractivity contribution in [3.63, 3.8) is 0 Å². The predicted molar refractivity (Wildman–Crippen MR) is 150 cm³/mol. The first-order valence-electron chi connectivity index (χ1n) is 13.4. The molecule has 0 spiro atoms. The fourth-order valence-corrected chi connectivity index (χ4v) is 5.06. The molecule has 0 atom stereocenters. The van der Waals surface area contributed by atoms with Gasteiger partial charge in [-0.25, -0.2) is 0 Å². The normalized spacial score (nSPS) is 11.7. The number of rotatable bonds is 12. The summed E-state index contributed by atoms with van der Waals surface area (Å²) in [5.41, 5.74) is 9.01. The molecule has 3 rings (SSSR count). The van der Waals surface area contributed by atoms with E-state index in [0.29, 0.717) is 12.8 Å². The molecule has 0 bridgehead atoms. The van der Waals surface area contributed by atoms with Crippen LogP contribution in [0.25, 0.3) is 11.1 Å². The van der Waals surface area contributed by atoms with E-state index >= 15 is 0 Å². The Labute approximate surface area is 217 Å². The maximum atomic E-state index is 11.1. The summed E-state index contributed by atoms with van der Waals surface area (Å²) in [4.78, 5) is 2.33. The number of aliphatic hydroxyl groups excluding tert-OH is 2. The average Bonchev–Trinajstić information content (AvgIpc) is 2.91. The maximum Gasteiger partial charge on any atom is 0.0891 e. The molecule has 0 unspecified atom stereocenters. The van der Waals surface area contributed by atoms with Crippen LogP contribution in [0.3, 0.4) is 0 Å². The van der Waals surface area contributed by atoms with Gasteiger partial charge in [-0.3, -0.25) is 0 Å². The number of hydrogen-bond acceptors (Lipinski definition) is 4. The predicted octanol–water partition coefficient (Wildman–Crippen LogP) is 6.63. The van der Waals surface area contributed by atoms with E-state index in [9.17, 15) is 15.3 Å². The second kappa shape index (κ2) is 12.5. The van der Waals surface area contributed by atoms with E-state index in [1.807, 2.05) is 32.0 Å². The molecule has 0 aliphatic carbocycles. The van der Waals surface area contributed by atoms with E-state index in [1.165, 1.54) is 22.3 Å². The van der Waals surface area contributed by atoms with Gasteiger partial charge >= 0.3 is 0 Å². The molecular formula is C32H43NO3. The lowest BCUT2D eigenvalue weighted by atomic mass is 9.84. The maximum absolute atomic E-state index is 11.1. The lowest BCUT2D eigenvalue weighted by molar-refractivity contribution is 0.0283. The van der Waals surface area contributed by atoms with E-state index in [4.69, 9.17) is 0 Å². The number of nitrogens with zero attached hydrogens (tertiary/aromatic N) is 1. The molecule has 0 aliphatic rings. The summed E-state index contributed by atoms with van der Waals surface area (Å²) < 4.78 is 0. The van der Waals surface area contributed by atoms with Gasteiger partial charge in [0.1, 0.15) is 0 Å². The minimum atomic E-state index is -0.782. The van der Waals surface area contributed by atoms with Crippen molar-refractivity contribution in [2.45, 2.75) is 85.7 Å². The van der Waals surface area contributed by atoms with Crippen molar-refractivity contribution in [1.29, 1.82) is 0 Å². The van der Waals surface area contributed by atoms with Crippen LogP contribution in [0.4, 0.5) is 5.69 Å². The average molecular weight is 490 g/mol. The second-order valence-corrected chi connectivity index (χ2v) is 9.79. The Kier molecular flexibility index (Phi) is 9.72. The van der Waals surface area contributed by atoms with Gasteiger partial charge in [0.2, 0.25) is 0 Å². The van der Waals surface area contributed by atoms with Crippen LogP contribution < -0.4 is 4.90 Å². The van der Waals surface area contributed by atoms with Gasteiger partial charge in [-0.1, -0.05) is 69.7 Å². The van der Waals surface area contributed by atoms with E-state index in [1.54, 1.807) is 0 Å². The van der Waals surface area contributed by atoms with E-state index in [2.05, 4.69) is 62.1 Å². The van der Waals surface area contributed by atoms with E-state index < -0.39 is 5.60 Å². The molecule has 3 aromatic carbocycles. The third-order valence-electron chi connectivity index (χ3n) is 7.57. The molecule has 0 saturated heterocycles. The minimum absolute atomic E-state index is 0.0677.